The molecule has 2 aliphatic rings. The summed E-state index contributed by atoms with van der Waals surface area (Å²) in [5.41, 5.74) is 4.30. The fraction of sp³-hybridized carbons (Fsp3) is 0.407. The van der Waals surface area contributed by atoms with Crippen molar-refractivity contribution in [1.29, 1.82) is 0 Å². The van der Waals surface area contributed by atoms with Crippen LogP contribution in [-0.2, 0) is 6.54 Å². The largest absolute Gasteiger partial charge is 0.454 e. The lowest BCUT2D eigenvalue weighted by Crippen LogP contribution is -2.44. The van der Waals surface area contributed by atoms with Crippen molar-refractivity contribution in [3.05, 3.63) is 53.7 Å². The summed E-state index contributed by atoms with van der Waals surface area (Å²) in [6.07, 6.45) is 3.91. The predicted octanol–water partition coefficient (Wildman–Crippen LogP) is 5.99. The molecule has 2 atom stereocenters. The van der Waals surface area contributed by atoms with E-state index in [4.69, 9.17) is 4.42 Å². The second-order valence-corrected chi connectivity index (χ2v) is 9.92. The maximum atomic E-state index is 14.1. The third kappa shape index (κ3) is 3.62. The first kappa shape index (κ1) is 20.5. The van der Waals surface area contributed by atoms with E-state index in [1.807, 2.05) is 37.4 Å². The number of benzene rings is 1. The minimum absolute atomic E-state index is 0.131. The van der Waals surface area contributed by atoms with Crippen LogP contribution >= 0.6 is 0 Å². The van der Waals surface area contributed by atoms with Crippen LogP contribution in [0.2, 0.25) is 0 Å². The van der Waals surface area contributed by atoms with Crippen LogP contribution in [0.5, 0.6) is 0 Å². The molecule has 0 radical (unpaired) electrons. The number of rotatable bonds is 4. The second kappa shape index (κ2) is 7.72. The van der Waals surface area contributed by atoms with E-state index in [1.54, 1.807) is 4.90 Å². The number of likely N-dealkylation sites (tertiary alicyclic amines) is 1. The molecule has 0 bridgehead atoms. The molecular weight excluding hydrogens is 417 g/mol. The molecule has 2 fully saturated rings. The van der Waals surface area contributed by atoms with Gasteiger partial charge >= 0.3 is 0 Å². The molecule has 4 aromatic rings. The minimum atomic E-state index is -0.958. The number of fused-ring (bicyclic) bond motifs is 2. The Morgan fingerprint density at radius 2 is 2.06 bits per heavy atom. The lowest BCUT2D eigenvalue weighted by Gasteiger charge is -2.33. The number of alkyl halides is 1. The molecule has 1 saturated carbocycles. The molecule has 1 aliphatic carbocycles. The van der Waals surface area contributed by atoms with Gasteiger partial charge in [0.2, 0.25) is 0 Å². The van der Waals surface area contributed by atoms with Gasteiger partial charge in [0.1, 0.15) is 17.4 Å². The maximum absolute atomic E-state index is 14.1. The Morgan fingerprint density at radius 3 is 2.85 bits per heavy atom. The molecule has 0 unspecified atom stereocenters. The van der Waals surface area contributed by atoms with E-state index in [0.29, 0.717) is 30.0 Å². The highest BCUT2D eigenvalue weighted by molar-refractivity contribution is 5.99. The third-order valence-corrected chi connectivity index (χ3v) is 7.11. The summed E-state index contributed by atoms with van der Waals surface area (Å²) < 4.78 is 22.7. The topological polar surface area (TPSA) is 51.3 Å². The van der Waals surface area contributed by atoms with Gasteiger partial charge in [0, 0.05) is 41.2 Å². The normalized spacial score (nSPS) is 21.2. The first-order valence-electron chi connectivity index (χ1n) is 11.9. The van der Waals surface area contributed by atoms with Gasteiger partial charge in [-0.05, 0) is 68.4 Å². The van der Waals surface area contributed by atoms with Gasteiger partial charge in [-0.2, -0.15) is 0 Å². The molecule has 6 heteroatoms. The van der Waals surface area contributed by atoms with E-state index >= 15 is 0 Å². The van der Waals surface area contributed by atoms with E-state index in [0.717, 1.165) is 40.0 Å². The number of aryl methyl sites for hydroxylation is 1. The first-order chi connectivity index (χ1) is 16.0. The predicted molar refractivity (Wildman–Crippen MR) is 127 cm³/mol. The average Bonchev–Trinajstić information content (AvgIpc) is 3.47. The van der Waals surface area contributed by atoms with E-state index in [1.165, 1.54) is 12.8 Å². The number of pyridine rings is 1. The van der Waals surface area contributed by atoms with Gasteiger partial charge in [-0.3, -0.25) is 4.79 Å². The number of aromatic nitrogens is 2. The van der Waals surface area contributed by atoms with E-state index in [-0.39, 0.29) is 18.4 Å². The Labute approximate surface area is 192 Å². The lowest BCUT2D eigenvalue weighted by molar-refractivity contribution is 0.0555. The number of amides is 1. The molecule has 1 saturated heterocycles. The third-order valence-electron chi connectivity index (χ3n) is 7.11. The minimum Gasteiger partial charge on any atom is -0.454 e. The van der Waals surface area contributed by atoms with Crippen LogP contribution in [0, 0.1) is 18.8 Å². The highest BCUT2D eigenvalue weighted by atomic mass is 19.1. The van der Waals surface area contributed by atoms with Crippen molar-refractivity contribution >= 4 is 27.9 Å². The van der Waals surface area contributed by atoms with Gasteiger partial charge in [-0.25, -0.2) is 9.37 Å². The lowest BCUT2D eigenvalue weighted by atomic mass is 9.98. The number of piperidine rings is 1. The molecule has 0 N–H and O–H groups in total. The van der Waals surface area contributed by atoms with Crippen molar-refractivity contribution in [2.45, 2.75) is 45.8 Å². The average molecular weight is 446 g/mol. The van der Waals surface area contributed by atoms with Gasteiger partial charge in [0.15, 0.2) is 5.76 Å². The zero-order valence-electron chi connectivity index (χ0n) is 19.1. The van der Waals surface area contributed by atoms with Crippen LogP contribution in [0.25, 0.3) is 33.5 Å². The SMILES string of the molecule is Cc1c(-c2cc3cccnc3n2CC2CC2)oc2cc(C(=O)N3C[C@H](C)C[C@@H](F)C3)ccc12. The Kier molecular flexibility index (Phi) is 4.78. The van der Waals surface area contributed by atoms with Crippen molar-refractivity contribution in [1.82, 2.24) is 14.5 Å². The van der Waals surface area contributed by atoms with Crippen LogP contribution in [0.15, 0.2) is 47.0 Å². The molecule has 3 aromatic heterocycles. The molecule has 33 heavy (non-hydrogen) atoms. The smallest absolute Gasteiger partial charge is 0.254 e. The van der Waals surface area contributed by atoms with E-state index in [2.05, 4.69) is 28.6 Å². The molecule has 1 aromatic carbocycles. The van der Waals surface area contributed by atoms with E-state index < -0.39 is 6.17 Å². The van der Waals surface area contributed by atoms with Crippen LogP contribution in [-0.4, -0.2) is 39.6 Å². The number of hydrogen-bond acceptors (Lipinski definition) is 3. The molecule has 170 valence electrons. The molecule has 4 heterocycles. The molecule has 5 nitrogen and oxygen atoms in total. The van der Waals surface area contributed by atoms with Crippen LogP contribution in [0.3, 0.4) is 0 Å². The van der Waals surface area contributed by atoms with Crippen molar-refractivity contribution < 1.29 is 13.6 Å². The van der Waals surface area contributed by atoms with Crippen LogP contribution in [0.1, 0.15) is 42.1 Å². The fourth-order valence-electron chi connectivity index (χ4n) is 5.25. The molecule has 1 amide bonds. The second-order valence-electron chi connectivity index (χ2n) is 9.92. The van der Waals surface area contributed by atoms with Gasteiger partial charge in [-0.15, -0.1) is 0 Å². The van der Waals surface area contributed by atoms with Crippen molar-refractivity contribution in [3.63, 3.8) is 0 Å². The maximum Gasteiger partial charge on any atom is 0.254 e. The summed E-state index contributed by atoms with van der Waals surface area (Å²) in [5.74, 6) is 1.56. The Morgan fingerprint density at radius 1 is 1.21 bits per heavy atom. The monoisotopic (exact) mass is 445 g/mol. The number of halogens is 1. The molecule has 1 aliphatic heterocycles. The van der Waals surface area contributed by atoms with Gasteiger partial charge < -0.3 is 13.9 Å². The standard InChI is InChI=1S/C27H28FN3O2/c1-16-10-21(28)15-30(13-16)27(32)20-7-8-22-17(2)25(33-24(22)12-20)23-11-19-4-3-9-29-26(19)31(23)14-18-5-6-18/h3-4,7-9,11-12,16,18,21H,5-6,10,13-15H2,1-2H3/t16-,21-/m1/s1. The summed E-state index contributed by atoms with van der Waals surface area (Å²) in [7, 11) is 0. The number of carbonyl (C=O) groups excluding carboxylic acids is 1. The highest BCUT2D eigenvalue weighted by Gasteiger charge is 2.29. The highest BCUT2D eigenvalue weighted by Crippen LogP contribution is 2.39. The molecule has 6 rings (SSSR count). The van der Waals surface area contributed by atoms with Crippen LogP contribution < -0.4 is 0 Å². The summed E-state index contributed by atoms with van der Waals surface area (Å²) in [6, 6.07) is 11.8. The van der Waals surface area contributed by atoms with Crippen molar-refractivity contribution in [2.75, 3.05) is 13.1 Å². The van der Waals surface area contributed by atoms with Crippen LogP contribution in [0.4, 0.5) is 4.39 Å². The Balaban J connectivity index is 1.40. The molecule has 0 spiro atoms. The van der Waals surface area contributed by atoms with Gasteiger partial charge in [0.25, 0.3) is 5.91 Å². The summed E-state index contributed by atoms with van der Waals surface area (Å²) in [4.78, 5) is 19.4. The number of carbonyl (C=O) groups is 1. The summed E-state index contributed by atoms with van der Waals surface area (Å²) in [5, 5.41) is 2.09. The number of furan rings is 1. The number of nitrogens with zero attached hydrogens (tertiary/aromatic N) is 3. The summed E-state index contributed by atoms with van der Waals surface area (Å²) in [6.45, 7) is 5.75. The van der Waals surface area contributed by atoms with Gasteiger partial charge in [0.05, 0.1) is 12.2 Å². The zero-order chi connectivity index (χ0) is 22.7. The number of hydrogen-bond donors (Lipinski definition) is 0. The zero-order valence-corrected chi connectivity index (χ0v) is 19.1. The summed E-state index contributed by atoms with van der Waals surface area (Å²) >= 11 is 0. The Bertz CT molecular complexity index is 1360. The van der Waals surface area contributed by atoms with Gasteiger partial charge in [-0.1, -0.05) is 13.0 Å². The van der Waals surface area contributed by atoms with Crippen molar-refractivity contribution in [3.8, 4) is 11.5 Å². The van der Waals surface area contributed by atoms with Crippen molar-refractivity contribution in [2.24, 2.45) is 11.8 Å². The first-order valence-corrected chi connectivity index (χ1v) is 11.9. The Hall–Kier alpha value is -3.15. The fourth-order valence-corrected chi connectivity index (χ4v) is 5.25. The van der Waals surface area contributed by atoms with E-state index in [9.17, 15) is 9.18 Å². The quantitative estimate of drug-likeness (QED) is 0.388. The molecular formula is C27H28FN3O2.